The lowest BCUT2D eigenvalue weighted by atomic mass is 10.1. The standard InChI is InChI=1S/C24H19Cl2N3O4/c1-15-5-2-3-8-19(15)23(31)27-14-22(30)29-28-13-16-6-4-7-18(11-16)33-24(32)20-10-9-17(25)12-21(20)26/h2-13H,14H2,1H3,(H,27,31)(H,29,30). The van der Waals surface area contributed by atoms with Crippen molar-refractivity contribution in [1.82, 2.24) is 10.7 Å². The van der Waals surface area contributed by atoms with Crippen LogP contribution in [0.5, 0.6) is 5.75 Å². The van der Waals surface area contributed by atoms with Crippen LogP contribution in [0.4, 0.5) is 0 Å². The first kappa shape index (κ1) is 24.0. The first-order valence-corrected chi connectivity index (χ1v) is 10.5. The highest BCUT2D eigenvalue weighted by Gasteiger charge is 2.13. The summed E-state index contributed by atoms with van der Waals surface area (Å²) < 4.78 is 5.34. The van der Waals surface area contributed by atoms with Gasteiger partial charge in [-0.3, -0.25) is 9.59 Å². The molecule has 3 aromatic carbocycles. The summed E-state index contributed by atoms with van der Waals surface area (Å²) in [5.41, 5.74) is 4.40. The van der Waals surface area contributed by atoms with E-state index in [9.17, 15) is 14.4 Å². The molecule has 0 aliphatic heterocycles. The second-order valence-corrected chi connectivity index (χ2v) is 7.72. The predicted molar refractivity (Wildman–Crippen MR) is 127 cm³/mol. The van der Waals surface area contributed by atoms with Gasteiger partial charge < -0.3 is 10.1 Å². The number of esters is 1. The summed E-state index contributed by atoms with van der Waals surface area (Å²) in [5.74, 6) is -1.20. The van der Waals surface area contributed by atoms with Crippen LogP contribution in [-0.2, 0) is 4.79 Å². The van der Waals surface area contributed by atoms with Gasteiger partial charge in [0.05, 0.1) is 23.3 Å². The van der Waals surface area contributed by atoms with Gasteiger partial charge in [0.25, 0.3) is 11.8 Å². The first-order valence-electron chi connectivity index (χ1n) is 9.76. The zero-order valence-corrected chi connectivity index (χ0v) is 19.0. The lowest BCUT2D eigenvalue weighted by Gasteiger charge is -2.07. The maximum absolute atomic E-state index is 12.3. The Bertz CT molecular complexity index is 1230. The topological polar surface area (TPSA) is 96.9 Å². The van der Waals surface area contributed by atoms with Crippen molar-refractivity contribution in [2.24, 2.45) is 5.10 Å². The van der Waals surface area contributed by atoms with E-state index in [0.29, 0.717) is 16.1 Å². The molecule has 0 radical (unpaired) electrons. The minimum Gasteiger partial charge on any atom is -0.423 e. The summed E-state index contributed by atoms with van der Waals surface area (Å²) in [5, 5.41) is 6.99. The number of hydrogen-bond donors (Lipinski definition) is 2. The molecular formula is C24H19Cl2N3O4. The molecule has 168 valence electrons. The Balaban J connectivity index is 1.52. The summed E-state index contributed by atoms with van der Waals surface area (Å²) in [4.78, 5) is 36.4. The van der Waals surface area contributed by atoms with Gasteiger partial charge in [0.15, 0.2) is 0 Å². The van der Waals surface area contributed by atoms with E-state index < -0.39 is 11.9 Å². The van der Waals surface area contributed by atoms with Crippen LogP contribution < -0.4 is 15.5 Å². The van der Waals surface area contributed by atoms with Crippen molar-refractivity contribution < 1.29 is 19.1 Å². The summed E-state index contributed by atoms with van der Waals surface area (Å²) in [7, 11) is 0. The SMILES string of the molecule is Cc1ccccc1C(=O)NCC(=O)NN=Cc1cccc(OC(=O)c2ccc(Cl)cc2Cl)c1. The fourth-order valence-electron chi connectivity index (χ4n) is 2.78. The van der Waals surface area contributed by atoms with Gasteiger partial charge in [-0.1, -0.05) is 53.5 Å². The monoisotopic (exact) mass is 483 g/mol. The highest BCUT2D eigenvalue weighted by Crippen LogP contribution is 2.23. The third-order valence-electron chi connectivity index (χ3n) is 4.42. The van der Waals surface area contributed by atoms with E-state index in [1.54, 1.807) is 42.5 Å². The second-order valence-electron chi connectivity index (χ2n) is 6.88. The second kappa shape index (κ2) is 11.3. The zero-order chi connectivity index (χ0) is 23.8. The Morgan fingerprint density at radius 1 is 0.970 bits per heavy atom. The van der Waals surface area contributed by atoms with E-state index in [0.717, 1.165) is 5.56 Å². The summed E-state index contributed by atoms with van der Waals surface area (Å²) >= 11 is 11.9. The average Bonchev–Trinajstić information content (AvgIpc) is 2.78. The van der Waals surface area contributed by atoms with Gasteiger partial charge in [0.1, 0.15) is 5.75 Å². The predicted octanol–water partition coefficient (Wildman–Crippen LogP) is 4.40. The highest BCUT2D eigenvalue weighted by atomic mass is 35.5. The van der Waals surface area contributed by atoms with Gasteiger partial charge in [-0.15, -0.1) is 0 Å². The van der Waals surface area contributed by atoms with E-state index >= 15 is 0 Å². The van der Waals surface area contributed by atoms with Crippen molar-refractivity contribution in [3.8, 4) is 5.75 Å². The zero-order valence-electron chi connectivity index (χ0n) is 17.5. The molecular weight excluding hydrogens is 465 g/mol. The van der Waals surface area contributed by atoms with Crippen molar-refractivity contribution >= 4 is 47.2 Å². The van der Waals surface area contributed by atoms with Crippen LogP contribution in [0.25, 0.3) is 0 Å². The lowest BCUT2D eigenvalue weighted by molar-refractivity contribution is -0.120. The van der Waals surface area contributed by atoms with Crippen molar-refractivity contribution in [3.63, 3.8) is 0 Å². The summed E-state index contributed by atoms with van der Waals surface area (Å²) in [6, 6.07) is 18.1. The van der Waals surface area contributed by atoms with Gasteiger partial charge in [-0.05, 0) is 54.4 Å². The number of amides is 2. The van der Waals surface area contributed by atoms with E-state index in [1.807, 2.05) is 19.1 Å². The maximum Gasteiger partial charge on any atom is 0.345 e. The van der Waals surface area contributed by atoms with Crippen LogP contribution in [0.3, 0.4) is 0 Å². The number of nitrogens with zero attached hydrogens (tertiary/aromatic N) is 1. The quantitative estimate of drug-likeness (QED) is 0.225. The minimum absolute atomic E-state index is 0.181. The molecule has 0 saturated carbocycles. The van der Waals surface area contributed by atoms with Crippen LogP contribution >= 0.6 is 23.2 Å². The Morgan fingerprint density at radius 3 is 2.52 bits per heavy atom. The fourth-order valence-corrected chi connectivity index (χ4v) is 3.26. The highest BCUT2D eigenvalue weighted by molar-refractivity contribution is 6.36. The number of hydrazone groups is 1. The van der Waals surface area contributed by atoms with E-state index in [2.05, 4.69) is 15.8 Å². The molecule has 9 heteroatoms. The summed E-state index contributed by atoms with van der Waals surface area (Å²) in [6.45, 7) is 1.58. The van der Waals surface area contributed by atoms with Gasteiger partial charge in [-0.25, -0.2) is 10.2 Å². The first-order chi connectivity index (χ1) is 15.8. The molecule has 2 N–H and O–H groups in total. The van der Waals surface area contributed by atoms with Crippen LogP contribution in [0.2, 0.25) is 10.0 Å². The molecule has 0 aliphatic rings. The van der Waals surface area contributed by atoms with Gasteiger partial charge >= 0.3 is 5.97 Å². The van der Waals surface area contributed by atoms with Gasteiger partial charge in [0.2, 0.25) is 0 Å². The van der Waals surface area contributed by atoms with E-state index in [1.165, 1.54) is 18.3 Å². The van der Waals surface area contributed by atoms with Crippen molar-refractivity contribution in [2.45, 2.75) is 6.92 Å². The van der Waals surface area contributed by atoms with Gasteiger partial charge in [-0.2, -0.15) is 5.10 Å². The molecule has 3 rings (SSSR count). The average molecular weight is 484 g/mol. The number of rotatable bonds is 7. The summed E-state index contributed by atoms with van der Waals surface area (Å²) in [6.07, 6.45) is 1.38. The molecule has 0 spiro atoms. The fraction of sp³-hybridized carbons (Fsp3) is 0.0833. The Morgan fingerprint density at radius 2 is 1.76 bits per heavy atom. The Kier molecular flexibility index (Phi) is 8.18. The molecule has 0 aromatic heterocycles. The molecule has 7 nitrogen and oxygen atoms in total. The Labute approximate surface area is 200 Å². The van der Waals surface area contributed by atoms with Gasteiger partial charge in [0, 0.05) is 10.6 Å². The lowest BCUT2D eigenvalue weighted by Crippen LogP contribution is -2.35. The molecule has 0 unspecified atom stereocenters. The molecule has 0 atom stereocenters. The third-order valence-corrected chi connectivity index (χ3v) is 4.97. The molecule has 0 heterocycles. The number of carbonyl (C=O) groups is 3. The van der Waals surface area contributed by atoms with Crippen molar-refractivity contribution in [3.05, 3.63) is 99.0 Å². The molecule has 0 saturated heterocycles. The third kappa shape index (κ3) is 6.90. The number of hydrogen-bond acceptors (Lipinski definition) is 5. The smallest absolute Gasteiger partial charge is 0.345 e. The molecule has 33 heavy (non-hydrogen) atoms. The van der Waals surface area contributed by atoms with Crippen LogP contribution in [-0.4, -0.2) is 30.5 Å². The van der Waals surface area contributed by atoms with Crippen LogP contribution in [0.15, 0.2) is 71.8 Å². The van der Waals surface area contributed by atoms with Crippen molar-refractivity contribution in [2.75, 3.05) is 6.54 Å². The number of halogens is 2. The largest absolute Gasteiger partial charge is 0.423 e. The number of nitrogens with one attached hydrogen (secondary N) is 2. The number of ether oxygens (including phenoxy) is 1. The maximum atomic E-state index is 12.3. The van der Waals surface area contributed by atoms with Crippen LogP contribution in [0, 0.1) is 6.92 Å². The van der Waals surface area contributed by atoms with E-state index in [4.69, 9.17) is 27.9 Å². The van der Waals surface area contributed by atoms with E-state index in [-0.39, 0.29) is 28.8 Å². The molecule has 2 amide bonds. The minimum atomic E-state index is -0.636. The van der Waals surface area contributed by atoms with Crippen molar-refractivity contribution in [1.29, 1.82) is 0 Å². The number of aryl methyl sites for hydroxylation is 1. The molecule has 0 aliphatic carbocycles. The van der Waals surface area contributed by atoms with Crippen LogP contribution in [0.1, 0.15) is 31.8 Å². The normalized spacial score (nSPS) is 10.6. The molecule has 0 bridgehead atoms. The molecule has 3 aromatic rings. The number of carbonyl (C=O) groups excluding carboxylic acids is 3. The molecule has 0 fully saturated rings. The number of benzene rings is 3. The Hall–Kier alpha value is -3.68.